The number of aromatic nitrogens is 3. The number of hydrogen-bond donors (Lipinski definition) is 0. The van der Waals surface area contributed by atoms with E-state index in [9.17, 15) is 4.79 Å². The van der Waals surface area contributed by atoms with Crippen molar-refractivity contribution in [2.45, 2.75) is 51.9 Å². The average Bonchev–Trinajstić information content (AvgIpc) is 3.59. The number of carbonyl (C=O) groups is 1. The van der Waals surface area contributed by atoms with Crippen molar-refractivity contribution in [3.8, 4) is 5.88 Å². The average molecular weight is 450 g/mol. The van der Waals surface area contributed by atoms with Gasteiger partial charge in [-0.25, -0.2) is 15.0 Å². The summed E-state index contributed by atoms with van der Waals surface area (Å²) in [5, 5.41) is 0. The summed E-state index contributed by atoms with van der Waals surface area (Å²) in [6, 6.07) is 3.86. The Balaban J connectivity index is 0.994. The molecule has 1 amide bonds. The van der Waals surface area contributed by atoms with Crippen LogP contribution in [0.15, 0.2) is 30.7 Å². The van der Waals surface area contributed by atoms with E-state index in [1.54, 1.807) is 6.20 Å². The van der Waals surface area contributed by atoms with Crippen molar-refractivity contribution in [2.75, 3.05) is 37.7 Å². The van der Waals surface area contributed by atoms with Crippen LogP contribution >= 0.6 is 0 Å². The van der Waals surface area contributed by atoms with E-state index < -0.39 is 0 Å². The quantitative estimate of drug-likeness (QED) is 0.583. The van der Waals surface area contributed by atoms with Crippen LogP contribution in [-0.2, 0) is 17.6 Å². The Morgan fingerprint density at radius 1 is 1.03 bits per heavy atom. The highest BCUT2D eigenvalue weighted by Gasteiger charge is 2.43. The molecule has 2 saturated heterocycles. The number of piperidine rings is 1. The molecule has 2 aromatic rings. The molecule has 1 aliphatic carbocycles. The van der Waals surface area contributed by atoms with Crippen LogP contribution < -0.4 is 9.64 Å². The molecular formula is C26H35N5O2. The summed E-state index contributed by atoms with van der Waals surface area (Å²) in [5.74, 6) is 4.20. The number of amides is 1. The maximum atomic E-state index is 12.1. The minimum Gasteiger partial charge on any atom is -0.478 e. The fourth-order valence-electron chi connectivity index (χ4n) is 5.17. The van der Waals surface area contributed by atoms with E-state index in [2.05, 4.69) is 26.8 Å². The molecule has 0 N–H and O–H groups in total. The number of carbonyl (C=O) groups excluding carboxylic acids is 1. The highest BCUT2D eigenvalue weighted by Crippen LogP contribution is 2.49. The Morgan fingerprint density at radius 3 is 2.42 bits per heavy atom. The number of aryl methyl sites for hydroxylation is 1. The molecular weight excluding hydrogens is 414 g/mol. The number of ether oxygens (including phenoxy) is 1. The molecule has 1 unspecified atom stereocenters. The zero-order chi connectivity index (χ0) is 22.6. The largest absolute Gasteiger partial charge is 0.478 e. The lowest BCUT2D eigenvalue weighted by Crippen LogP contribution is -2.42. The Kier molecular flexibility index (Phi) is 6.74. The van der Waals surface area contributed by atoms with E-state index >= 15 is 0 Å². The maximum absolute atomic E-state index is 12.1. The molecule has 33 heavy (non-hydrogen) atoms. The van der Waals surface area contributed by atoms with Crippen molar-refractivity contribution >= 4 is 11.9 Å². The normalized spacial score (nSPS) is 22.7. The van der Waals surface area contributed by atoms with Crippen LogP contribution in [0.2, 0.25) is 0 Å². The molecule has 7 heteroatoms. The van der Waals surface area contributed by atoms with Crippen LogP contribution in [0.1, 0.15) is 50.2 Å². The summed E-state index contributed by atoms with van der Waals surface area (Å²) in [7, 11) is 0. The Morgan fingerprint density at radius 2 is 1.79 bits per heavy atom. The predicted octanol–water partition coefficient (Wildman–Crippen LogP) is 3.53. The molecule has 5 rings (SSSR count). The third kappa shape index (κ3) is 5.45. The molecule has 2 aliphatic heterocycles. The SMILES string of the molecule is CCc1cnc(N2CCC(C3C[C@@H]3CCOc3ccc(CC(=O)N4CCC4)cn3)CC2)nc1. The fourth-order valence-corrected chi connectivity index (χ4v) is 5.17. The van der Waals surface area contributed by atoms with Crippen molar-refractivity contribution in [3.05, 3.63) is 41.9 Å². The first-order valence-electron chi connectivity index (χ1n) is 12.6. The van der Waals surface area contributed by atoms with E-state index in [-0.39, 0.29) is 5.91 Å². The summed E-state index contributed by atoms with van der Waals surface area (Å²) >= 11 is 0. The van der Waals surface area contributed by atoms with Gasteiger partial charge in [-0.3, -0.25) is 4.79 Å². The van der Waals surface area contributed by atoms with Crippen LogP contribution in [0.5, 0.6) is 5.88 Å². The summed E-state index contributed by atoms with van der Waals surface area (Å²) in [5.41, 5.74) is 2.15. The van der Waals surface area contributed by atoms with Gasteiger partial charge >= 0.3 is 0 Å². The number of anilines is 1. The van der Waals surface area contributed by atoms with E-state index in [0.717, 1.165) is 81.3 Å². The minimum absolute atomic E-state index is 0.198. The standard InChI is InChI=1S/C26H35N5O2/c1-2-19-16-28-26(29-17-19)31-11-6-21(7-12-31)23-15-22(23)8-13-33-24-5-4-20(18-27-24)14-25(32)30-9-3-10-30/h4-5,16-18,21-23H,2-3,6-15H2,1H3/t22-,23?/m0/s1. The van der Waals surface area contributed by atoms with Crippen molar-refractivity contribution in [1.29, 1.82) is 0 Å². The van der Waals surface area contributed by atoms with E-state index in [4.69, 9.17) is 4.74 Å². The van der Waals surface area contributed by atoms with Gasteiger partial charge in [0.1, 0.15) is 0 Å². The van der Waals surface area contributed by atoms with Crippen molar-refractivity contribution in [2.24, 2.45) is 17.8 Å². The highest BCUT2D eigenvalue weighted by atomic mass is 16.5. The predicted molar refractivity (Wildman–Crippen MR) is 127 cm³/mol. The third-order valence-corrected chi connectivity index (χ3v) is 7.61. The lowest BCUT2D eigenvalue weighted by Gasteiger charge is -2.32. The topological polar surface area (TPSA) is 71.5 Å². The molecule has 2 atom stereocenters. The summed E-state index contributed by atoms with van der Waals surface area (Å²) in [6.45, 7) is 6.77. The van der Waals surface area contributed by atoms with Gasteiger partial charge in [0, 0.05) is 50.8 Å². The van der Waals surface area contributed by atoms with Crippen LogP contribution in [0.25, 0.3) is 0 Å². The number of pyridine rings is 1. The second kappa shape index (κ2) is 10.1. The van der Waals surface area contributed by atoms with E-state index in [0.29, 0.717) is 12.3 Å². The zero-order valence-electron chi connectivity index (χ0n) is 19.7. The van der Waals surface area contributed by atoms with Crippen molar-refractivity contribution in [1.82, 2.24) is 19.9 Å². The molecule has 1 saturated carbocycles. The van der Waals surface area contributed by atoms with Crippen LogP contribution in [0.4, 0.5) is 5.95 Å². The smallest absolute Gasteiger partial charge is 0.227 e. The first kappa shape index (κ1) is 22.1. The molecule has 0 radical (unpaired) electrons. The Labute approximate surface area is 196 Å². The van der Waals surface area contributed by atoms with Gasteiger partial charge in [-0.1, -0.05) is 13.0 Å². The van der Waals surface area contributed by atoms with Crippen molar-refractivity contribution in [3.63, 3.8) is 0 Å². The zero-order valence-corrected chi connectivity index (χ0v) is 19.7. The summed E-state index contributed by atoms with van der Waals surface area (Å²) in [4.78, 5) is 29.8. The Bertz CT molecular complexity index is 921. The number of hydrogen-bond acceptors (Lipinski definition) is 6. The van der Waals surface area contributed by atoms with Gasteiger partial charge in [-0.2, -0.15) is 0 Å². The molecule has 0 bridgehead atoms. The third-order valence-electron chi connectivity index (χ3n) is 7.61. The van der Waals surface area contributed by atoms with Gasteiger partial charge in [0.25, 0.3) is 0 Å². The van der Waals surface area contributed by atoms with E-state index in [1.807, 2.05) is 29.4 Å². The fraction of sp³-hybridized carbons (Fsp3) is 0.615. The summed E-state index contributed by atoms with van der Waals surface area (Å²) < 4.78 is 5.89. The van der Waals surface area contributed by atoms with Crippen LogP contribution in [0, 0.1) is 17.8 Å². The van der Waals surface area contributed by atoms with Crippen LogP contribution in [-0.4, -0.2) is 58.5 Å². The molecule has 0 aromatic carbocycles. The number of nitrogens with zero attached hydrogens (tertiary/aromatic N) is 5. The molecule has 2 aromatic heterocycles. The first-order valence-corrected chi connectivity index (χ1v) is 12.6. The molecule has 0 spiro atoms. The summed E-state index contributed by atoms with van der Waals surface area (Å²) in [6.07, 6.45) is 13.1. The Hall–Kier alpha value is -2.70. The minimum atomic E-state index is 0.198. The monoisotopic (exact) mass is 449 g/mol. The lowest BCUT2D eigenvalue weighted by molar-refractivity contribution is -0.133. The molecule has 176 valence electrons. The van der Waals surface area contributed by atoms with Gasteiger partial charge < -0.3 is 14.5 Å². The molecule has 3 fully saturated rings. The van der Waals surface area contributed by atoms with Gasteiger partial charge in [0.05, 0.1) is 13.0 Å². The lowest BCUT2D eigenvalue weighted by atomic mass is 9.90. The van der Waals surface area contributed by atoms with Crippen molar-refractivity contribution < 1.29 is 9.53 Å². The highest BCUT2D eigenvalue weighted by molar-refractivity contribution is 5.79. The van der Waals surface area contributed by atoms with Gasteiger partial charge in [-0.15, -0.1) is 0 Å². The number of likely N-dealkylation sites (tertiary alicyclic amines) is 1. The second-order valence-corrected chi connectivity index (χ2v) is 9.78. The van der Waals surface area contributed by atoms with Gasteiger partial charge in [0.15, 0.2) is 0 Å². The van der Waals surface area contributed by atoms with Gasteiger partial charge in [0.2, 0.25) is 17.7 Å². The molecule has 7 nitrogen and oxygen atoms in total. The second-order valence-electron chi connectivity index (χ2n) is 9.78. The molecule has 3 aliphatic rings. The first-order chi connectivity index (χ1) is 16.2. The molecule has 4 heterocycles. The van der Waals surface area contributed by atoms with E-state index in [1.165, 1.54) is 24.8 Å². The van der Waals surface area contributed by atoms with Crippen LogP contribution in [0.3, 0.4) is 0 Å². The number of rotatable bonds is 9. The maximum Gasteiger partial charge on any atom is 0.227 e. The van der Waals surface area contributed by atoms with Gasteiger partial charge in [-0.05, 0) is 67.4 Å².